The SMILES string of the molecule is O=C1CCCCCN1CCN1CCC(Oc2cccc3c2ccn3CC(F)(F)F)CC1. The molecular weight excluding hydrogens is 407 g/mol. The predicted octanol–water partition coefficient (Wildman–Crippen LogP) is 4.45. The van der Waals surface area contributed by atoms with Gasteiger partial charge in [-0.05, 0) is 43.9 Å². The van der Waals surface area contributed by atoms with Crippen molar-refractivity contribution in [2.45, 2.75) is 57.3 Å². The molecule has 1 aromatic heterocycles. The number of aromatic nitrogens is 1. The van der Waals surface area contributed by atoms with Crippen LogP contribution >= 0.6 is 0 Å². The third-order valence-corrected chi connectivity index (χ3v) is 6.31. The third kappa shape index (κ3) is 5.73. The molecule has 0 saturated carbocycles. The van der Waals surface area contributed by atoms with Crippen LogP contribution in [0.2, 0.25) is 0 Å². The summed E-state index contributed by atoms with van der Waals surface area (Å²) in [5.41, 5.74) is 0.536. The zero-order valence-corrected chi connectivity index (χ0v) is 17.7. The summed E-state index contributed by atoms with van der Waals surface area (Å²) in [7, 11) is 0. The van der Waals surface area contributed by atoms with E-state index in [1.165, 1.54) is 10.8 Å². The summed E-state index contributed by atoms with van der Waals surface area (Å²) < 4.78 is 45.8. The maximum absolute atomic E-state index is 12.8. The van der Waals surface area contributed by atoms with Gasteiger partial charge in [0.25, 0.3) is 0 Å². The summed E-state index contributed by atoms with van der Waals surface area (Å²) >= 11 is 0. The highest BCUT2D eigenvalue weighted by Gasteiger charge is 2.29. The third-order valence-electron chi connectivity index (χ3n) is 6.31. The maximum atomic E-state index is 12.8. The van der Waals surface area contributed by atoms with E-state index in [1.807, 2.05) is 11.0 Å². The van der Waals surface area contributed by atoms with Gasteiger partial charge in [-0.3, -0.25) is 4.79 Å². The first-order valence-corrected chi connectivity index (χ1v) is 11.2. The number of carbonyl (C=O) groups is 1. The van der Waals surface area contributed by atoms with Crippen LogP contribution in [0.3, 0.4) is 0 Å². The Morgan fingerprint density at radius 2 is 1.81 bits per heavy atom. The number of ether oxygens (including phenoxy) is 1. The van der Waals surface area contributed by atoms with Gasteiger partial charge in [0.2, 0.25) is 5.91 Å². The first-order valence-electron chi connectivity index (χ1n) is 11.2. The van der Waals surface area contributed by atoms with Gasteiger partial charge in [0.15, 0.2) is 0 Å². The molecule has 170 valence electrons. The maximum Gasteiger partial charge on any atom is 0.406 e. The van der Waals surface area contributed by atoms with Crippen molar-refractivity contribution in [3.63, 3.8) is 0 Å². The van der Waals surface area contributed by atoms with Crippen molar-refractivity contribution in [1.29, 1.82) is 0 Å². The topological polar surface area (TPSA) is 37.7 Å². The van der Waals surface area contributed by atoms with E-state index in [4.69, 9.17) is 4.74 Å². The number of alkyl halides is 3. The van der Waals surface area contributed by atoms with Gasteiger partial charge in [0.05, 0.1) is 5.52 Å². The van der Waals surface area contributed by atoms with E-state index in [1.54, 1.807) is 18.2 Å². The Kier molecular flexibility index (Phi) is 6.74. The standard InChI is InChI=1S/C23H30F3N3O2/c24-23(25,26)17-29-14-10-19-20(29)5-4-6-21(19)31-18-8-12-27(13-9-18)15-16-28-11-3-1-2-7-22(28)30/h4-6,10,14,18H,1-3,7-9,11-13,15-17H2. The number of benzene rings is 1. The molecule has 1 amide bonds. The van der Waals surface area contributed by atoms with E-state index in [2.05, 4.69) is 4.90 Å². The number of hydrogen-bond acceptors (Lipinski definition) is 3. The number of halogens is 3. The zero-order chi connectivity index (χ0) is 21.8. The van der Waals surface area contributed by atoms with Gasteiger partial charge in [0.1, 0.15) is 18.4 Å². The van der Waals surface area contributed by atoms with Crippen LogP contribution in [0.1, 0.15) is 38.5 Å². The molecule has 1 aromatic carbocycles. The smallest absolute Gasteiger partial charge is 0.406 e. The summed E-state index contributed by atoms with van der Waals surface area (Å²) in [6.45, 7) is 3.34. The molecule has 2 aliphatic rings. The van der Waals surface area contributed by atoms with Crippen molar-refractivity contribution < 1.29 is 22.7 Å². The first kappa shape index (κ1) is 22.0. The van der Waals surface area contributed by atoms with Crippen LogP contribution in [-0.2, 0) is 11.3 Å². The molecule has 31 heavy (non-hydrogen) atoms. The molecule has 0 bridgehead atoms. The minimum Gasteiger partial charge on any atom is -0.490 e. The highest BCUT2D eigenvalue weighted by Crippen LogP contribution is 2.31. The lowest BCUT2D eigenvalue weighted by atomic mass is 10.1. The largest absolute Gasteiger partial charge is 0.490 e. The molecule has 2 aromatic rings. The van der Waals surface area contributed by atoms with Crippen molar-refractivity contribution >= 4 is 16.8 Å². The second-order valence-electron chi connectivity index (χ2n) is 8.60. The van der Waals surface area contributed by atoms with Crippen molar-refractivity contribution in [2.75, 3.05) is 32.7 Å². The molecule has 8 heteroatoms. The average molecular weight is 438 g/mol. The normalized spacial score (nSPS) is 19.7. The molecule has 0 radical (unpaired) electrons. The summed E-state index contributed by atoms with van der Waals surface area (Å²) in [5.74, 6) is 0.924. The lowest BCUT2D eigenvalue weighted by Crippen LogP contribution is -2.43. The van der Waals surface area contributed by atoms with Gasteiger partial charge in [0, 0.05) is 50.7 Å². The number of piperidine rings is 1. The fourth-order valence-electron chi connectivity index (χ4n) is 4.60. The van der Waals surface area contributed by atoms with Crippen molar-refractivity contribution in [3.05, 3.63) is 30.5 Å². The lowest BCUT2D eigenvalue weighted by Gasteiger charge is -2.33. The Hall–Kier alpha value is -2.22. The van der Waals surface area contributed by atoms with E-state index >= 15 is 0 Å². The van der Waals surface area contributed by atoms with Crippen LogP contribution in [0, 0.1) is 0 Å². The van der Waals surface area contributed by atoms with Gasteiger partial charge < -0.3 is 19.1 Å². The summed E-state index contributed by atoms with van der Waals surface area (Å²) in [4.78, 5) is 16.5. The minimum atomic E-state index is -4.26. The quantitative estimate of drug-likeness (QED) is 0.670. The van der Waals surface area contributed by atoms with Gasteiger partial charge in [-0.2, -0.15) is 13.2 Å². The van der Waals surface area contributed by atoms with E-state index in [0.717, 1.165) is 64.8 Å². The Morgan fingerprint density at radius 1 is 1.00 bits per heavy atom. The Morgan fingerprint density at radius 3 is 2.58 bits per heavy atom. The van der Waals surface area contributed by atoms with Crippen LogP contribution in [0.15, 0.2) is 30.5 Å². The minimum absolute atomic E-state index is 0.0487. The van der Waals surface area contributed by atoms with Gasteiger partial charge in [-0.15, -0.1) is 0 Å². The number of nitrogens with zero attached hydrogens (tertiary/aromatic N) is 3. The summed E-state index contributed by atoms with van der Waals surface area (Å²) in [6.07, 6.45) is 2.91. The molecule has 2 saturated heterocycles. The molecule has 4 rings (SSSR count). The number of amides is 1. The summed E-state index contributed by atoms with van der Waals surface area (Å²) in [5, 5.41) is 0.717. The molecule has 0 aliphatic carbocycles. The zero-order valence-electron chi connectivity index (χ0n) is 17.7. The van der Waals surface area contributed by atoms with Crippen LogP contribution in [0.4, 0.5) is 13.2 Å². The van der Waals surface area contributed by atoms with E-state index in [0.29, 0.717) is 23.1 Å². The second kappa shape index (κ2) is 9.51. The molecule has 0 unspecified atom stereocenters. The van der Waals surface area contributed by atoms with Crippen molar-refractivity contribution in [2.24, 2.45) is 0 Å². The Bertz CT molecular complexity index is 888. The molecule has 0 spiro atoms. The fourth-order valence-corrected chi connectivity index (χ4v) is 4.60. The van der Waals surface area contributed by atoms with Crippen LogP contribution in [0.25, 0.3) is 10.9 Å². The Balaban J connectivity index is 1.30. The number of hydrogen-bond donors (Lipinski definition) is 0. The van der Waals surface area contributed by atoms with Crippen molar-refractivity contribution in [1.82, 2.24) is 14.4 Å². The number of carbonyl (C=O) groups excluding carboxylic acids is 1. The highest BCUT2D eigenvalue weighted by atomic mass is 19.4. The molecule has 0 N–H and O–H groups in total. The van der Waals surface area contributed by atoms with Crippen LogP contribution in [0.5, 0.6) is 5.75 Å². The number of rotatable bonds is 6. The van der Waals surface area contributed by atoms with Gasteiger partial charge in [-0.1, -0.05) is 12.5 Å². The molecule has 5 nitrogen and oxygen atoms in total. The number of likely N-dealkylation sites (tertiary alicyclic amines) is 2. The molecule has 2 fully saturated rings. The van der Waals surface area contributed by atoms with E-state index in [9.17, 15) is 18.0 Å². The number of fused-ring (bicyclic) bond motifs is 1. The predicted molar refractivity (Wildman–Crippen MR) is 113 cm³/mol. The average Bonchev–Trinajstić information content (AvgIpc) is 3.01. The van der Waals surface area contributed by atoms with E-state index < -0.39 is 12.7 Å². The molecule has 0 atom stereocenters. The van der Waals surface area contributed by atoms with Crippen molar-refractivity contribution in [3.8, 4) is 5.75 Å². The van der Waals surface area contributed by atoms with Gasteiger partial charge >= 0.3 is 6.18 Å². The van der Waals surface area contributed by atoms with Gasteiger partial charge in [-0.25, -0.2) is 0 Å². The molecule has 3 heterocycles. The van der Waals surface area contributed by atoms with E-state index in [-0.39, 0.29) is 12.0 Å². The highest BCUT2D eigenvalue weighted by molar-refractivity contribution is 5.86. The lowest BCUT2D eigenvalue weighted by molar-refractivity contribution is -0.139. The second-order valence-corrected chi connectivity index (χ2v) is 8.60. The molecule has 2 aliphatic heterocycles. The summed E-state index contributed by atoms with van der Waals surface area (Å²) in [6, 6.07) is 6.97. The van der Waals surface area contributed by atoms with Crippen LogP contribution < -0.4 is 4.74 Å². The molecular formula is C23H30F3N3O2. The first-order chi connectivity index (χ1) is 14.9. The monoisotopic (exact) mass is 437 g/mol. The Labute approximate surface area is 180 Å². The fraction of sp³-hybridized carbons (Fsp3) is 0.609. The van der Waals surface area contributed by atoms with Crippen LogP contribution in [-0.4, -0.2) is 65.3 Å².